The summed E-state index contributed by atoms with van der Waals surface area (Å²) >= 11 is 0. The van der Waals surface area contributed by atoms with Gasteiger partial charge in [-0.2, -0.15) is 5.26 Å². The van der Waals surface area contributed by atoms with Crippen molar-refractivity contribution in [2.75, 3.05) is 38.1 Å². The minimum atomic E-state index is -0.634. The molecule has 2 N–H and O–H groups in total. The second-order valence-corrected chi connectivity index (χ2v) is 4.03. The molecule has 0 bridgehead atoms. The van der Waals surface area contributed by atoms with Crippen LogP contribution in [0.1, 0.15) is 5.56 Å². The molecule has 0 saturated carbocycles. The molecule has 0 spiro atoms. The lowest BCUT2D eigenvalue weighted by atomic mass is 10.2. The first-order valence-corrected chi connectivity index (χ1v) is 5.32. The van der Waals surface area contributed by atoms with Crippen molar-refractivity contribution in [1.82, 2.24) is 14.9 Å². The molecule has 17 heavy (non-hydrogen) atoms. The Labute approximate surface area is 97.3 Å². The number of likely N-dealkylation sites (N-methyl/N-ethyl adjacent to an activating group) is 1. The second kappa shape index (κ2) is 4.43. The summed E-state index contributed by atoms with van der Waals surface area (Å²) in [5.41, 5.74) is -1.25. The van der Waals surface area contributed by atoms with E-state index in [0.29, 0.717) is 18.9 Å². The third kappa shape index (κ3) is 2.21. The van der Waals surface area contributed by atoms with Gasteiger partial charge in [0.1, 0.15) is 11.9 Å². The van der Waals surface area contributed by atoms with Crippen LogP contribution in [0.2, 0.25) is 0 Å². The molecule has 1 saturated heterocycles. The number of nitrogens with zero attached hydrogens (tertiary/aromatic N) is 3. The summed E-state index contributed by atoms with van der Waals surface area (Å²) in [6.07, 6.45) is 0. The Bertz CT molecular complexity index is 559. The van der Waals surface area contributed by atoms with Crippen LogP contribution in [0, 0.1) is 11.3 Å². The van der Waals surface area contributed by atoms with Crippen molar-refractivity contribution in [3.8, 4) is 6.07 Å². The fourth-order valence-electron chi connectivity index (χ4n) is 1.85. The van der Waals surface area contributed by atoms with E-state index in [2.05, 4.69) is 14.9 Å². The number of hydrogen-bond donors (Lipinski definition) is 2. The zero-order valence-corrected chi connectivity index (χ0v) is 9.49. The number of anilines is 1. The zero-order valence-electron chi connectivity index (χ0n) is 9.49. The van der Waals surface area contributed by atoms with Gasteiger partial charge in [0.05, 0.1) is 0 Å². The lowest BCUT2D eigenvalue weighted by molar-refractivity contribution is 0.312. The van der Waals surface area contributed by atoms with Crippen molar-refractivity contribution in [3.63, 3.8) is 0 Å². The van der Waals surface area contributed by atoms with E-state index in [4.69, 9.17) is 5.26 Å². The lowest BCUT2D eigenvalue weighted by Crippen LogP contribution is -2.46. The lowest BCUT2D eigenvalue weighted by Gasteiger charge is -2.33. The molecule has 2 rings (SSSR count). The summed E-state index contributed by atoms with van der Waals surface area (Å²) in [5.74, 6) is 0.328. The first-order valence-electron chi connectivity index (χ1n) is 5.32. The van der Waals surface area contributed by atoms with E-state index in [-0.39, 0.29) is 5.56 Å². The zero-order chi connectivity index (χ0) is 12.4. The van der Waals surface area contributed by atoms with Gasteiger partial charge in [0.2, 0.25) is 0 Å². The van der Waals surface area contributed by atoms with Gasteiger partial charge in [-0.1, -0.05) is 0 Å². The highest BCUT2D eigenvalue weighted by molar-refractivity contribution is 5.52. The van der Waals surface area contributed by atoms with Crippen molar-refractivity contribution < 1.29 is 0 Å². The summed E-state index contributed by atoms with van der Waals surface area (Å²) in [7, 11) is 2.00. The number of aromatic amines is 2. The Hall–Kier alpha value is -2.07. The van der Waals surface area contributed by atoms with E-state index in [9.17, 15) is 9.59 Å². The quantitative estimate of drug-likeness (QED) is 0.630. The Morgan fingerprint density at radius 3 is 2.41 bits per heavy atom. The second-order valence-electron chi connectivity index (χ2n) is 4.03. The molecule has 2 heterocycles. The molecule has 7 heteroatoms. The molecule has 7 nitrogen and oxygen atoms in total. The number of hydrogen-bond acceptors (Lipinski definition) is 5. The number of nitrogens with one attached hydrogen (secondary N) is 2. The Kier molecular flexibility index (Phi) is 2.97. The first kappa shape index (κ1) is 11.4. The molecule has 1 aromatic heterocycles. The molecule has 0 atom stereocenters. The highest BCUT2D eigenvalue weighted by Crippen LogP contribution is 2.13. The molecule has 1 fully saturated rings. The Balaban J connectivity index is 2.42. The van der Waals surface area contributed by atoms with E-state index in [1.807, 2.05) is 18.0 Å². The predicted molar refractivity (Wildman–Crippen MR) is 62.1 cm³/mol. The van der Waals surface area contributed by atoms with Crippen molar-refractivity contribution in [2.24, 2.45) is 0 Å². The molecule has 1 aliphatic heterocycles. The van der Waals surface area contributed by atoms with Crippen LogP contribution in [-0.2, 0) is 0 Å². The van der Waals surface area contributed by atoms with Gasteiger partial charge < -0.3 is 9.80 Å². The van der Waals surface area contributed by atoms with E-state index in [1.165, 1.54) is 0 Å². The maximum Gasteiger partial charge on any atom is 0.327 e. The molecule has 90 valence electrons. The van der Waals surface area contributed by atoms with Gasteiger partial charge in [-0.05, 0) is 7.05 Å². The minimum Gasteiger partial charge on any atom is -0.354 e. The van der Waals surface area contributed by atoms with Crippen LogP contribution in [0.3, 0.4) is 0 Å². The normalized spacial score (nSPS) is 16.8. The Morgan fingerprint density at radius 1 is 1.18 bits per heavy atom. The van der Waals surface area contributed by atoms with E-state index >= 15 is 0 Å². The SMILES string of the molecule is CN1CCN(c2[nH]c(=O)[nH]c(=O)c2C#N)CC1. The van der Waals surface area contributed by atoms with Gasteiger partial charge in [-0.3, -0.25) is 14.8 Å². The monoisotopic (exact) mass is 235 g/mol. The largest absolute Gasteiger partial charge is 0.354 e. The maximum atomic E-state index is 11.5. The van der Waals surface area contributed by atoms with Crippen LogP contribution in [0.4, 0.5) is 5.82 Å². The molecular formula is C10H13N5O2. The number of nitriles is 1. The predicted octanol–water partition coefficient (Wildman–Crippen LogP) is -1.31. The van der Waals surface area contributed by atoms with Crippen LogP contribution in [0.15, 0.2) is 9.59 Å². The molecule has 0 unspecified atom stereocenters. The van der Waals surface area contributed by atoms with Crippen molar-refractivity contribution >= 4 is 5.82 Å². The third-order valence-electron chi connectivity index (χ3n) is 2.85. The third-order valence-corrected chi connectivity index (χ3v) is 2.85. The summed E-state index contributed by atoms with van der Waals surface area (Å²) < 4.78 is 0. The first-order chi connectivity index (χ1) is 8.11. The fraction of sp³-hybridized carbons (Fsp3) is 0.500. The number of piperazine rings is 1. The van der Waals surface area contributed by atoms with Crippen molar-refractivity contribution in [1.29, 1.82) is 5.26 Å². The molecule has 0 aromatic carbocycles. The summed E-state index contributed by atoms with van der Waals surface area (Å²) in [4.78, 5) is 31.3. The number of H-pyrrole nitrogens is 2. The van der Waals surface area contributed by atoms with Gasteiger partial charge in [-0.25, -0.2) is 4.79 Å². The summed E-state index contributed by atoms with van der Waals surface area (Å²) in [6, 6.07) is 1.83. The number of aromatic nitrogens is 2. The smallest absolute Gasteiger partial charge is 0.327 e. The molecular weight excluding hydrogens is 222 g/mol. The summed E-state index contributed by atoms with van der Waals surface area (Å²) in [5, 5.41) is 8.94. The molecule has 1 aliphatic rings. The van der Waals surface area contributed by atoms with Crippen LogP contribution >= 0.6 is 0 Å². The highest BCUT2D eigenvalue weighted by atomic mass is 16.2. The topological polar surface area (TPSA) is 96.0 Å². The van der Waals surface area contributed by atoms with Gasteiger partial charge in [0.15, 0.2) is 5.56 Å². The van der Waals surface area contributed by atoms with E-state index in [0.717, 1.165) is 13.1 Å². The average molecular weight is 235 g/mol. The van der Waals surface area contributed by atoms with Crippen LogP contribution in [0.25, 0.3) is 0 Å². The van der Waals surface area contributed by atoms with Crippen LogP contribution < -0.4 is 16.1 Å². The van der Waals surface area contributed by atoms with Crippen LogP contribution in [-0.4, -0.2) is 48.1 Å². The van der Waals surface area contributed by atoms with E-state index < -0.39 is 11.2 Å². The van der Waals surface area contributed by atoms with Gasteiger partial charge >= 0.3 is 5.69 Å². The molecule has 0 amide bonds. The highest BCUT2D eigenvalue weighted by Gasteiger charge is 2.19. The molecule has 0 radical (unpaired) electrons. The standard InChI is InChI=1S/C10H13N5O2/c1-14-2-4-15(5-3-14)8-7(6-11)9(16)13-10(17)12-8/h2-5H2,1H3,(H2,12,13,16,17). The fourth-order valence-corrected chi connectivity index (χ4v) is 1.85. The Morgan fingerprint density at radius 2 is 1.82 bits per heavy atom. The van der Waals surface area contributed by atoms with Gasteiger partial charge in [0, 0.05) is 26.2 Å². The molecule has 0 aliphatic carbocycles. The van der Waals surface area contributed by atoms with Gasteiger partial charge in [-0.15, -0.1) is 0 Å². The van der Waals surface area contributed by atoms with E-state index in [1.54, 1.807) is 0 Å². The number of rotatable bonds is 1. The maximum absolute atomic E-state index is 11.5. The molecule has 1 aromatic rings. The summed E-state index contributed by atoms with van der Waals surface area (Å²) in [6.45, 7) is 3.04. The minimum absolute atomic E-state index is 0.0332. The average Bonchev–Trinajstić information content (AvgIpc) is 2.29. The van der Waals surface area contributed by atoms with Crippen LogP contribution in [0.5, 0.6) is 0 Å². The van der Waals surface area contributed by atoms with Crippen molar-refractivity contribution in [3.05, 3.63) is 26.4 Å². The van der Waals surface area contributed by atoms with Gasteiger partial charge in [0.25, 0.3) is 5.56 Å². The van der Waals surface area contributed by atoms with Crippen molar-refractivity contribution in [2.45, 2.75) is 0 Å².